The van der Waals surface area contributed by atoms with Gasteiger partial charge < -0.3 is 15.5 Å². The van der Waals surface area contributed by atoms with Crippen molar-refractivity contribution in [1.29, 1.82) is 0 Å². The third-order valence-corrected chi connectivity index (χ3v) is 7.91. The number of aromatic nitrogens is 3. The maximum Gasteiger partial charge on any atom is 0.323 e. The first-order chi connectivity index (χ1) is 20.7. The van der Waals surface area contributed by atoms with E-state index in [2.05, 4.69) is 25.6 Å². The van der Waals surface area contributed by atoms with E-state index in [1.807, 2.05) is 55.6 Å². The minimum absolute atomic E-state index is 0.0468. The quantitative estimate of drug-likeness (QED) is 0.262. The van der Waals surface area contributed by atoms with E-state index in [-0.39, 0.29) is 45.7 Å². The summed E-state index contributed by atoms with van der Waals surface area (Å²) in [7, 11) is 2.04. The molecule has 3 heterocycles. The van der Waals surface area contributed by atoms with Gasteiger partial charge in [-0.05, 0) is 63.2 Å². The van der Waals surface area contributed by atoms with E-state index in [1.54, 1.807) is 17.9 Å². The van der Waals surface area contributed by atoms with Crippen molar-refractivity contribution in [3.05, 3.63) is 99.0 Å². The number of carbonyl (C=O) groups is 2. The number of carbonyl (C=O) groups excluding carboxylic acids is 2. The number of benzene rings is 2. The molecule has 0 bridgehead atoms. The second-order valence-corrected chi connectivity index (χ2v) is 11.1. The molecule has 43 heavy (non-hydrogen) atoms. The van der Waals surface area contributed by atoms with Crippen molar-refractivity contribution < 1.29 is 9.59 Å². The second kappa shape index (κ2) is 13.4. The van der Waals surface area contributed by atoms with Crippen molar-refractivity contribution in [2.24, 2.45) is 0 Å². The lowest BCUT2D eigenvalue weighted by Crippen LogP contribution is -2.48. The molecule has 0 saturated carbocycles. The maximum absolute atomic E-state index is 14.3. The number of rotatable bonds is 7. The Morgan fingerprint density at radius 3 is 2.30 bits per heavy atom. The van der Waals surface area contributed by atoms with Crippen LogP contribution in [0.15, 0.2) is 77.9 Å². The van der Waals surface area contributed by atoms with Gasteiger partial charge in [0, 0.05) is 36.6 Å². The summed E-state index contributed by atoms with van der Waals surface area (Å²) in [5.41, 5.74) is 1.98. The molecule has 1 aliphatic heterocycles. The first kappa shape index (κ1) is 30.2. The molecule has 0 atom stereocenters. The second-order valence-electron chi connectivity index (χ2n) is 10.3. The van der Waals surface area contributed by atoms with Crippen LogP contribution < -0.4 is 21.1 Å². The molecule has 2 N–H and O–H groups in total. The van der Waals surface area contributed by atoms with E-state index in [0.717, 1.165) is 37.1 Å². The molecule has 0 aliphatic carbocycles. The Kier molecular flexibility index (Phi) is 9.40. The van der Waals surface area contributed by atoms with Crippen molar-refractivity contribution in [2.75, 3.05) is 35.7 Å². The van der Waals surface area contributed by atoms with Gasteiger partial charge >= 0.3 is 6.03 Å². The van der Waals surface area contributed by atoms with Crippen molar-refractivity contribution in [2.45, 2.75) is 32.4 Å². The predicted octanol–water partition coefficient (Wildman–Crippen LogP) is 6.02. The summed E-state index contributed by atoms with van der Waals surface area (Å²) in [5, 5.41) is 10.0. The zero-order chi connectivity index (χ0) is 30.5. The number of hydrogen-bond acceptors (Lipinski definition) is 6. The first-order valence-electron chi connectivity index (χ1n) is 13.9. The number of aryl methyl sites for hydroxylation is 1. The van der Waals surface area contributed by atoms with Crippen LogP contribution in [0.2, 0.25) is 10.0 Å². The minimum Gasteiger partial charge on any atom is -0.306 e. The highest BCUT2D eigenvalue weighted by Gasteiger charge is 2.31. The minimum atomic E-state index is -0.736. The van der Waals surface area contributed by atoms with Gasteiger partial charge in [0.25, 0.3) is 11.5 Å². The van der Waals surface area contributed by atoms with Gasteiger partial charge in [-0.3, -0.25) is 19.5 Å². The van der Waals surface area contributed by atoms with Crippen LogP contribution in [0.3, 0.4) is 0 Å². The van der Waals surface area contributed by atoms with Gasteiger partial charge in [0.2, 0.25) is 0 Å². The predicted molar refractivity (Wildman–Crippen MR) is 170 cm³/mol. The fraction of sp³-hybridized carbons (Fsp3) is 0.258. The summed E-state index contributed by atoms with van der Waals surface area (Å²) < 4.78 is 1.23. The van der Waals surface area contributed by atoms with E-state index < -0.39 is 11.6 Å². The molecule has 2 aromatic heterocycles. The molecule has 222 valence electrons. The van der Waals surface area contributed by atoms with Gasteiger partial charge in [-0.2, -0.15) is 5.10 Å². The molecule has 10 nitrogen and oxygen atoms in total. The lowest BCUT2D eigenvalue weighted by molar-refractivity contribution is 0.0962. The van der Waals surface area contributed by atoms with E-state index in [0.29, 0.717) is 5.56 Å². The van der Waals surface area contributed by atoms with Crippen LogP contribution in [-0.2, 0) is 6.54 Å². The fourth-order valence-electron chi connectivity index (χ4n) is 5.06. The highest BCUT2D eigenvalue weighted by atomic mass is 35.5. The summed E-state index contributed by atoms with van der Waals surface area (Å²) in [5.74, 6) is 0.0216. The van der Waals surface area contributed by atoms with Crippen molar-refractivity contribution in [1.82, 2.24) is 19.7 Å². The van der Waals surface area contributed by atoms with E-state index in [9.17, 15) is 14.4 Å². The number of halogens is 2. The standard InChI is InChI=1S/C31H31Cl2N7O3/c1-3-39-30(42)26(35-31(43)36-28-24(32)18-34-19-25(28)33)17-27(37-39)40(23-12-14-38(2)15-13-23)29(41)22-11-7-10-21(16-22)20-8-5-4-6-9-20/h4-11,16-19,23H,3,12-15H2,1-2H3,(H2,34,35,36,43). The summed E-state index contributed by atoms with van der Waals surface area (Å²) >= 11 is 12.3. The lowest BCUT2D eigenvalue weighted by Gasteiger charge is -2.37. The Bertz CT molecular complexity index is 1670. The zero-order valence-corrected chi connectivity index (χ0v) is 25.3. The van der Waals surface area contributed by atoms with Gasteiger partial charge in [0.05, 0.1) is 15.7 Å². The van der Waals surface area contributed by atoms with Gasteiger partial charge in [0.1, 0.15) is 5.69 Å². The molecular formula is C31H31Cl2N7O3. The number of hydrogen-bond donors (Lipinski definition) is 2. The van der Waals surface area contributed by atoms with Crippen LogP contribution >= 0.6 is 23.2 Å². The van der Waals surface area contributed by atoms with Crippen molar-refractivity contribution >= 4 is 52.3 Å². The lowest BCUT2D eigenvalue weighted by atomic mass is 10.00. The Morgan fingerprint density at radius 2 is 1.63 bits per heavy atom. The molecule has 0 spiro atoms. The molecule has 0 unspecified atom stereocenters. The molecule has 1 fully saturated rings. The van der Waals surface area contributed by atoms with Gasteiger partial charge in [-0.15, -0.1) is 0 Å². The average molecular weight is 621 g/mol. The molecule has 4 aromatic rings. The highest BCUT2D eigenvalue weighted by Crippen LogP contribution is 2.30. The smallest absolute Gasteiger partial charge is 0.306 e. The molecule has 0 radical (unpaired) electrons. The topological polar surface area (TPSA) is 112 Å². The SMILES string of the molecule is CCn1nc(N(C(=O)c2cccc(-c3ccccc3)c2)C2CCN(C)CC2)cc(NC(=O)Nc2c(Cl)cncc2Cl)c1=O. The first-order valence-corrected chi connectivity index (χ1v) is 14.7. The number of likely N-dealkylation sites (tertiary alicyclic amines) is 1. The third kappa shape index (κ3) is 6.88. The average Bonchev–Trinajstić information content (AvgIpc) is 3.02. The number of nitrogens with one attached hydrogen (secondary N) is 2. The Balaban J connectivity index is 1.52. The fourth-order valence-corrected chi connectivity index (χ4v) is 5.52. The van der Waals surface area contributed by atoms with Crippen molar-refractivity contribution in [3.63, 3.8) is 0 Å². The van der Waals surface area contributed by atoms with E-state index >= 15 is 0 Å². The van der Waals surface area contributed by atoms with Crippen LogP contribution in [0.1, 0.15) is 30.1 Å². The number of amides is 3. The molecular weight excluding hydrogens is 589 g/mol. The molecule has 5 rings (SSSR count). The summed E-state index contributed by atoms with van der Waals surface area (Å²) in [6, 6.07) is 17.8. The zero-order valence-electron chi connectivity index (χ0n) is 23.8. The number of nitrogens with zero attached hydrogens (tertiary/aromatic N) is 5. The summed E-state index contributed by atoms with van der Waals surface area (Å²) in [6.07, 6.45) is 4.12. The molecule has 3 amide bonds. The number of urea groups is 1. The summed E-state index contributed by atoms with van der Waals surface area (Å²) in [4.78, 5) is 48.3. The normalized spacial score (nSPS) is 13.9. The number of piperidine rings is 1. The van der Waals surface area contributed by atoms with Gasteiger partial charge in [-0.1, -0.05) is 65.7 Å². The molecule has 1 saturated heterocycles. The van der Waals surface area contributed by atoms with E-state index in [1.165, 1.54) is 23.1 Å². The number of anilines is 3. The van der Waals surface area contributed by atoms with Crippen LogP contribution in [0, 0.1) is 0 Å². The Morgan fingerprint density at radius 1 is 0.953 bits per heavy atom. The molecule has 2 aromatic carbocycles. The Labute approximate surface area is 259 Å². The van der Waals surface area contributed by atoms with E-state index in [4.69, 9.17) is 23.2 Å². The number of pyridine rings is 1. The maximum atomic E-state index is 14.3. The highest BCUT2D eigenvalue weighted by molar-refractivity contribution is 6.39. The Hall–Kier alpha value is -4.25. The van der Waals surface area contributed by atoms with Crippen LogP contribution in [0.4, 0.5) is 22.0 Å². The molecule has 1 aliphatic rings. The van der Waals surface area contributed by atoms with Crippen LogP contribution in [0.5, 0.6) is 0 Å². The van der Waals surface area contributed by atoms with Crippen LogP contribution in [0.25, 0.3) is 11.1 Å². The molecule has 12 heteroatoms. The monoisotopic (exact) mass is 619 g/mol. The van der Waals surface area contributed by atoms with Crippen LogP contribution in [-0.4, -0.2) is 57.8 Å². The summed E-state index contributed by atoms with van der Waals surface area (Å²) in [6.45, 7) is 3.59. The van der Waals surface area contributed by atoms with Gasteiger partial charge in [0.15, 0.2) is 5.82 Å². The van der Waals surface area contributed by atoms with Gasteiger partial charge in [-0.25, -0.2) is 9.48 Å². The van der Waals surface area contributed by atoms with Crippen molar-refractivity contribution in [3.8, 4) is 11.1 Å². The third-order valence-electron chi connectivity index (χ3n) is 7.34. The largest absolute Gasteiger partial charge is 0.323 e.